The fraction of sp³-hybridized carbons (Fsp3) is 0.769. The summed E-state index contributed by atoms with van der Waals surface area (Å²) in [5.41, 5.74) is -0.554. The van der Waals surface area contributed by atoms with Gasteiger partial charge in [0.25, 0.3) is 0 Å². The summed E-state index contributed by atoms with van der Waals surface area (Å²) in [7, 11) is 1.67. The molecule has 0 saturated carbocycles. The Balaban J connectivity index is 2.35. The highest BCUT2D eigenvalue weighted by Crippen LogP contribution is 2.28. The topological polar surface area (TPSA) is 80.5 Å². The number of hydrogen-bond donors (Lipinski definition) is 2. The van der Waals surface area contributed by atoms with E-state index in [1.54, 1.807) is 7.05 Å². The minimum atomic E-state index is -0.574. The average molecular weight is 266 g/mol. The van der Waals surface area contributed by atoms with Crippen LogP contribution in [-0.2, 0) is 9.53 Å². The molecule has 6 nitrogen and oxygen atoms in total. The van der Waals surface area contributed by atoms with E-state index >= 15 is 0 Å². The van der Waals surface area contributed by atoms with E-state index in [2.05, 4.69) is 0 Å². The van der Waals surface area contributed by atoms with Crippen LogP contribution in [0, 0.1) is 16.2 Å². The van der Waals surface area contributed by atoms with Crippen LogP contribution in [0.3, 0.4) is 0 Å². The van der Waals surface area contributed by atoms with E-state index in [-0.39, 0.29) is 11.9 Å². The van der Waals surface area contributed by atoms with Gasteiger partial charge >= 0.3 is 0 Å². The lowest BCUT2D eigenvalue weighted by atomic mass is 9.91. The summed E-state index contributed by atoms with van der Waals surface area (Å²) in [5.74, 6) is 0.305. The van der Waals surface area contributed by atoms with Gasteiger partial charge in [0.05, 0.1) is 18.1 Å². The lowest BCUT2D eigenvalue weighted by Gasteiger charge is -2.33. The Bertz CT molecular complexity index is 401. The van der Waals surface area contributed by atoms with E-state index in [1.807, 2.05) is 18.7 Å². The highest BCUT2D eigenvalue weighted by Gasteiger charge is 2.43. The Morgan fingerprint density at radius 1 is 1.47 bits per heavy atom. The first kappa shape index (κ1) is 14.0. The quantitative estimate of drug-likeness (QED) is 0.717. The summed E-state index contributed by atoms with van der Waals surface area (Å²) >= 11 is 0. The third-order valence-electron chi connectivity index (χ3n) is 3.98. The van der Waals surface area contributed by atoms with Crippen LogP contribution < -0.4 is 0 Å². The first-order valence-corrected chi connectivity index (χ1v) is 6.59. The number of hydrogen-bond acceptors (Lipinski definition) is 4. The number of carbonyl (C=O) groups excluding carboxylic acids is 1. The summed E-state index contributed by atoms with van der Waals surface area (Å²) in [6.07, 6.45) is 2.05. The molecule has 0 aromatic rings. The van der Waals surface area contributed by atoms with E-state index < -0.39 is 11.5 Å². The molecule has 2 heterocycles. The zero-order chi connectivity index (χ0) is 14.2. The van der Waals surface area contributed by atoms with Gasteiger partial charge in [0, 0.05) is 26.4 Å². The van der Waals surface area contributed by atoms with Gasteiger partial charge in [-0.1, -0.05) is 0 Å². The molecule has 0 bridgehead atoms. The van der Waals surface area contributed by atoms with Crippen molar-refractivity contribution in [2.75, 3.05) is 26.8 Å². The number of nitrogens with zero attached hydrogens (tertiary/aromatic N) is 2. The third-order valence-corrected chi connectivity index (χ3v) is 3.98. The van der Waals surface area contributed by atoms with Crippen molar-refractivity contribution in [3.05, 3.63) is 0 Å². The van der Waals surface area contributed by atoms with E-state index in [0.717, 1.165) is 6.42 Å². The predicted molar refractivity (Wildman–Crippen MR) is 72.8 cm³/mol. The van der Waals surface area contributed by atoms with Crippen molar-refractivity contribution < 1.29 is 9.53 Å². The van der Waals surface area contributed by atoms with Gasteiger partial charge in [0.2, 0.25) is 5.91 Å². The van der Waals surface area contributed by atoms with Crippen LogP contribution in [-0.4, -0.2) is 66.6 Å². The van der Waals surface area contributed by atoms with Crippen molar-refractivity contribution in [3.8, 4) is 0 Å². The highest BCUT2D eigenvalue weighted by atomic mass is 16.5. The smallest absolute Gasteiger partial charge is 0.230 e. The van der Waals surface area contributed by atoms with Gasteiger partial charge in [0.15, 0.2) is 0 Å². The Kier molecular flexibility index (Phi) is 3.62. The van der Waals surface area contributed by atoms with Crippen molar-refractivity contribution in [3.63, 3.8) is 0 Å². The Morgan fingerprint density at radius 3 is 2.68 bits per heavy atom. The Hall–Kier alpha value is -1.43. The van der Waals surface area contributed by atoms with Crippen LogP contribution in [0.2, 0.25) is 0 Å². The Morgan fingerprint density at radius 2 is 2.16 bits per heavy atom. The van der Waals surface area contributed by atoms with E-state index in [9.17, 15) is 4.79 Å². The highest BCUT2D eigenvalue weighted by molar-refractivity contribution is 6.03. The zero-order valence-electron chi connectivity index (χ0n) is 11.8. The first-order valence-electron chi connectivity index (χ1n) is 6.59. The number of rotatable bonds is 2. The number of amidine groups is 1. The van der Waals surface area contributed by atoms with Crippen molar-refractivity contribution in [2.45, 2.75) is 32.4 Å². The van der Waals surface area contributed by atoms with Gasteiger partial charge in [-0.3, -0.25) is 10.2 Å². The molecule has 2 rings (SSSR count). The molecule has 2 saturated heterocycles. The first-order chi connectivity index (χ1) is 8.88. The molecule has 2 aliphatic heterocycles. The maximum absolute atomic E-state index is 12.4. The molecular weight excluding hydrogens is 244 g/mol. The molecule has 2 aliphatic rings. The van der Waals surface area contributed by atoms with Gasteiger partial charge in [-0.25, -0.2) is 0 Å². The van der Waals surface area contributed by atoms with Crippen LogP contribution in [0.5, 0.6) is 0 Å². The monoisotopic (exact) mass is 266 g/mol. The van der Waals surface area contributed by atoms with Gasteiger partial charge in [-0.05, 0) is 20.3 Å². The molecule has 106 valence electrons. The maximum atomic E-state index is 12.4. The number of amides is 1. The second-order valence-electron chi connectivity index (χ2n) is 5.94. The fourth-order valence-electron chi connectivity index (χ4n) is 2.82. The fourth-order valence-corrected chi connectivity index (χ4v) is 2.82. The largest absolute Gasteiger partial charge is 0.379 e. The second kappa shape index (κ2) is 4.92. The molecule has 0 aliphatic carbocycles. The molecular formula is C13H22N4O2. The van der Waals surface area contributed by atoms with Crippen molar-refractivity contribution in [2.24, 2.45) is 5.41 Å². The van der Waals surface area contributed by atoms with Crippen LogP contribution in [0.25, 0.3) is 0 Å². The minimum absolute atomic E-state index is 0.0211. The molecule has 2 N–H and O–H groups in total. The van der Waals surface area contributed by atoms with E-state index in [1.165, 1.54) is 11.1 Å². The molecule has 1 amide bonds. The third kappa shape index (κ3) is 2.36. The minimum Gasteiger partial charge on any atom is -0.379 e. The normalized spacial score (nSPS) is 31.5. The van der Waals surface area contributed by atoms with Crippen molar-refractivity contribution in [1.29, 1.82) is 10.8 Å². The van der Waals surface area contributed by atoms with Gasteiger partial charge in [0.1, 0.15) is 11.9 Å². The molecule has 0 aromatic heterocycles. The standard InChI is InChI=1S/C13H22N4O2/c1-13(2)8-17(9-4-5-19-7-9)11(15)10(6-14)16(3)12(13)18/h6,9-10,14-15H,4-5,7-8H2,1-3H3. The molecule has 0 spiro atoms. The summed E-state index contributed by atoms with van der Waals surface area (Å²) < 4.78 is 5.40. The summed E-state index contributed by atoms with van der Waals surface area (Å²) in [4.78, 5) is 15.9. The van der Waals surface area contributed by atoms with Gasteiger partial charge < -0.3 is 19.9 Å². The SMILES string of the molecule is CN1C(=O)C(C)(C)CN(C2CCOC2)C(=N)C1C=N. The molecule has 2 fully saturated rings. The number of carbonyl (C=O) groups is 1. The average Bonchev–Trinajstić information content (AvgIpc) is 2.86. The van der Waals surface area contributed by atoms with E-state index in [0.29, 0.717) is 25.6 Å². The van der Waals surface area contributed by atoms with Crippen molar-refractivity contribution in [1.82, 2.24) is 9.80 Å². The van der Waals surface area contributed by atoms with Crippen LogP contribution in [0.15, 0.2) is 0 Å². The molecule has 0 radical (unpaired) electrons. The van der Waals surface area contributed by atoms with Gasteiger partial charge in [-0.15, -0.1) is 0 Å². The number of ether oxygens (including phenoxy) is 1. The van der Waals surface area contributed by atoms with Crippen LogP contribution in [0.4, 0.5) is 0 Å². The molecule has 0 aromatic carbocycles. The molecule has 19 heavy (non-hydrogen) atoms. The van der Waals surface area contributed by atoms with Crippen LogP contribution >= 0.6 is 0 Å². The van der Waals surface area contributed by atoms with Crippen LogP contribution in [0.1, 0.15) is 20.3 Å². The van der Waals surface area contributed by atoms with E-state index in [4.69, 9.17) is 15.6 Å². The molecule has 2 unspecified atom stereocenters. The van der Waals surface area contributed by atoms with Crippen molar-refractivity contribution >= 4 is 18.0 Å². The zero-order valence-corrected chi connectivity index (χ0v) is 11.8. The Labute approximate surface area is 113 Å². The summed E-state index contributed by atoms with van der Waals surface area (Å²) in [6.45, 7) is 5.60. The maximum Gasteiger partial charge on any atom is 0.230 e. The summed E-state index contributed by atoms with van der Waals surface area (Å²) in [5, 5.41) is 15.8. The number of nitrogens with one attached hydrogen (secondary N) is 2. The lowest BCUT2D eigenvalue weighted by Crippen LogP contribution is -2.49. The molecule has 2 atom stereocenters. The van der Waals surface area contributed by atoms with Gasteiger partial charge in [-0.2, -0.15) is 0 Å². The lowest BCUT2D eigenvalue weighted by molar-refractivity contribution is -0.138. The number of likely N-dealkylation sites (N-methyl/N-ethyl adjacent to an activating group) is 1. The predicted octanol–water partition coefficient (Wildman–Crippen LogP) is 0.571. The second-order valence-corrected chi connectivity index (χ2v) is 5.94. The summed E-state index contributed by atoms with van der Waals surface area (Å²) in [6, 6.07) is -0.427. The molecule has 6 heteroatoms.